The molecule has 0 fully saturated rings. The van der Waals surface area contributed by atoms with Gasteiger partial charge in [-0.05, 0) is 6.92 Å². The largest absolute Gasteiger partial charge is 0.411 e. The minimum Gasteiger partial charge on any atom is -0.380 e. The van der Waals surface area contributed by atoms with Crippen molar-refractivity contribution in [2.75, 3.05) is 19.8 Å². The number of nitrogens with two attached hydrogens (primary N) is 1. The van der Waals surface area contributed by atoms with E-state index in [2.05, 4.69) is 14.9 Å². The van der Waals surface area contributed by atoms with E-state index >= 15 is 0 Å². The van der Waals surface area contributed by atoms with Gasteiger partial charge >= 0.3 is 6.18 Å². The van der Waals surface area contributed by atoms with Crippen molar-refractivity contribution in [2.45, 2.75) is 25.7 Å². The Hall–Kier alpha value is -1.19. The Morgan fingerprint density at radius 3 is 2.72 bits per heavy atom. The van der Waals surface area contributed by atoms with E-state index in [9.17, 15) is 13.2 Å². The number of aromatic nitrogens is 2. The molecule has 2 N–H and O–H groups in total. The van der Waals surface area contributed by atoms with Crippen molar-refractivity contribution >= 4 is 0 Å². The summed E-state index contributed by atoms with van der Waals surface area (Å²) in [5.41, 5.74) is 5.66. The van der Waals surface area contributed by atoms with Crippen LogP contribution in [0.5, 0.6) is 0 Å². The molecule has 1 atom stereocenters. The molecule has 0 amide bonds. The number of hydrogen-bond acceptors (Lipinski definition) is 6. The Morgan fingerprint density at radius 1 is 1.39 bits per heavy atom. The van der Waals surface area contributed by atoms with E-state index in [1.54, 1.807) is 6.92 Å². The average Bonchev–Trinajstić information content (AvgIpc) is 2.73. The molecular formula is C9H14F3N3O3. The van der Waals surface area contributed by atoms with Gasteiger partial charge in [0.2, 0.25) is 0 Å². The van der Waals surface area contributed by atoms with Crippen LogP contribution in [0.1, 0.15) is 24.7 Å². The maximum atomic E-state index is 11.8. The molecule has 0 aliphatic carbocycles. The van der Waals surface area contributed by atoms with Crippen LogP contribution in [0.25, 0.3) is 0 Å². The average molecular weight is 269 g/mol. The summed E-state index contributed by atoms with van der Waals surface area (Å²) >= 11 is 0. The van der Waals surface area contributed by atoms with Gasteiger partial charge in [0.1, 0.15) is 13.2 Å². The molecule has 1 aromatic heterocycles. The van der Waals surface area contributed by atoms with Gasteiger partial charge in [-0.3, -0.25) is 0 Å². The van der Waals surface area contributed by atoms with Crippen LogP contribution in [0.3, 0.4) is 0 Å². The fourth-order valence-electron chi connectivity index (χ4n) is 1.05. The van der Waals surface area contributed by atoms with Gasteiger partial charge in [-0.2, -0.15) is 18.2 Å². The Labute approximate surface area is 101 Å². The molecule has 0 aromatic carbocycles. The zero-order valence-corrected chi connectivity index (χ0v) is 9.74. The number of halogens is 3. The first-order valence-corrected chi connectivity index (χ1v) is 5.22. The van der Waals surface area contributed by atoms with Crippen LogP contribution in [0.15, 0.2) is 4.52 Å². The van der Waals surface area contributed by atoms with E-state index in [1.165, 1.54) is 0 Å². The highest BCUT2D eigenvalue weighted by Crippen LogP contribution is 2.15. The number of nitrogens with zero attached hydrogens (tertiary/aromatic N) is 2. The molecule has 0 saturated carbocycles. The molecule has 1 unspecified atom stereocenters. The van der Waals surface area contributed by atoms with Crippen molar-refractivity contribution in [3.8, 4) is 0 Å². The molecular weight excluding hydrogens is 255 g/mol. The third-order valence-electron chi connectivity index (χ3n) is 1.81. The maximum Gasteiger partial charge on any atom is 0.411 e. The summed E-state index contributed by atoms with van der Waals surface area (Å²) in [6.07, 6.45) is -4.38. The van der Waals surface area contributed by atoms with Crippen LogP contribution in [-0.4, -0.2) is 36.1 Å². The normalized spacial score (nSPS) is 13.8. The molecule has 6 nitrogen and oxygen atoms in total. The van der Waals surface area contributed by atoms with Gasteiger partial charge in [-0.25, -0.2) is 0 Å². The van der Waals surface area contributed by atoms with Gasteiger partial charge in [0.25, 0.3) is 5.89 Å². The predicted octanol–water partition coefficient (Wildman–Crippen LogP) is 1.18. The van der Waals surface area contributed by atoms with Crippen molar-refractivity contribution < 1.29 is 27.2 Å². The standard InChI is InChI=1S/C9H14F3N3O3/c1-2-16-3-6(13)8-14-7(18-15-8)4-17-5-9(10,11)12/h6H,2-5,13H2,1H3. The lowest BCUT2D eigenvalue weighted by atomic mass is 10.3. The number of rotatable bonds is 7. The van der Waals surface area contributed by atoms with Crippen molar-refractivity contribution in [2.24, 2.45) is 5.73 Å². The van der Waals surface area contributed by atoms with Crippen LogP contribution >= 0.6 is 0 Å². The lowest BCUT2D eigenvalue weighted by molar-refractivity contribution is -0.178. The molecule has 0 aliphatic heterocycles. The zero-order valence-electron chi connectivity index (χ0n) is 9.74. The summed E-state index contributed by atoms with van der Waals surface area (Å²) < 4.78 is 49.5. The molecule has 9 heteroatoms. The van der Waals surface area contributed by atoms with E-state index in [-0.39, 0.29) is 18.3 Å². The SMILES string of the molecule is CCOCC(N)c1noc(COCC(F)(F)F)n1. The lowest BCUT2D eigenvalue weighted by Gasteiger charge is -2.05. The summed E-state index contributed by atoms with van der Waals surface area (Å²) in [6.45, 7) is 0.731. The molecule has 0 saturated heterocycles. The predicted molar refractivity (Wildman–Crippen MR) is 53.4 cm³/mol. The molecule has 1 heterocycles. The summed E-state index contributed by atoms with van der Waals surface area (Å²) in [4.78, 5) is 3.81. The van der Waals surface area contributed by atoms with Gasteiger partial charge in [-0.15, -0.1) is 0 Å². The quantitative estimate of drug-likeness (QED) is 0.800. The Balaban J connectivity index is 2.38. The molecule has 18 heavy (non-hydrogen) atoms. The maximum absolute atomic E-state index is 11.8. The van der Waals surface area contributed by atoms with E-state index < -0.39 is 25.4 Å². The molecule has 0 aliphatic rings. The van der Waals surface area contributed by atoms with Crippen molar-refractivity contribution in [1.82, 2.24) is 10.1 Å². The first-order valence-electron chi connectivity index (χ1n) is 5.22. The van der Waals surface area contributed by atoms with Gasteiger partial charge in [0.15, 0.2) is 5.82 Å². The monoisotopic (exact) mass is 269 g/mol. The van der Waals surface area contributed by atoms with Crippen LogP contribution < -0.4 is 5.73 Å². The summed E-state index contributed by atoms with van der Waals surface area (Å²) in [6, 6.07) is -0.579. The van der Waals surface area contributed by atoms with Gasteiger partial charge in [0, 0.05) is 6.61 Å². The fraction of sp³-hybridized carbons (Fsp3) is 0.778. The first kappa shape index (κ1) is 14.9. The van der Waals surface area contributed by atoms with Crippen LogP contribution in [-0.2, 0) is 16.1 Å². The second-order valence-electron chi connectivity index (χ2n) is 3.42. The number of alkyl halides is 3. The first-order chi connectivity index (χ1) is 8.42. The molecule has 1 aromatic rings. The lowest BCUT2D eigenvalue weighted by Crippen LogP contribution is -2.19. The smallest absolute Gasteiger partial charge is 0.380 e. The van der Waals surface area contributed by atoms with E-state index in [4.69, 9.17) is 15.0 Å². The second kappa shape index (κ2) is 6.66. The van der Waals surface area contributed by atoms with E-state index in [0.29, 0.717) is 6.61 Å². The number of ether oxygens (including phenoxy) is 2. The highest BCUT2D eigenvalue weighted by Gasteiger charge is 2.27. The van der Waals surface area contributed by atoms with Crippen molar-refractivity contribution in [1.29, 1.82) is 0 Å². The molecule has 1 rings (SSSR count). The molecule has 0 spiro atoms. The van der Waals surface area contributed by atoms with Crippen molar-refractivity contribution in [3.63, 3.8) is 0 Å². The third kappa shape index (κ3) is 5.43. The Morgan fingerprint density at radius 2 is 2.11 bits per heavy atom. The topological polar surface area (TPSA) is 83.4 Å². The highest BCUT2D eigenvalue weighted by atomic mass is 19.4. The fourth-order valence-corrected chi connectivity index (χ4v) is 1.05. The van der Waals surface area contributed by atoms with Gasteiger partial charge in [0.05, 0.1) is 12.6 Å². The van der Waals surface area contributed by atoms with Gasteiger partial charge < -0.3 is 19.7 Å². The second-order valence-corrected chi connectivity index (χ2v) is 3.42. The Bertz CT molecular complexity index is 356. The molecule has 104 valence electrons. The summed E-state index contributed by atoms with van der Waals surface area (Å²) in [7, 11) is 0. The van der Waals surface area contributed by atoms with Crippen LogP contribution in [0.2, 0.25) is 0 Å². The van der Waals surface area contributed by atoms with E-state index in [1.807, 2.05) is 0 Å². The zero-order chi connectivity index (χ0) is 13.6. The highest BCUT2D eigenvalue weighted by molar-refractivity contribution is 4.92. The van der Waals surface area contributed by atoms with Crippen LogP contribution in [0, 0.1) is 0 Å². The Kier molecular flexibility index (Phi) is 5.51. The minimum absolute atomic E-state index is 0.0544. The summed E-state index contributed by atoms with van der Waals surface area (Å²) in [5.74, 6) is 0.121. The third-order valence-corrected chi connectivity index (χ3v) is 1.81. The van der Waals surface area contributed by atoms with Gasteiger partial charge in [-0.1, -0.05) is 5.16 Å². The van der Waals surface area contributed by atoms with Crippen molar-refractivity contribution in [3.05, 3.63) is 11.7 Å². The van der Waals surface area contributed by atoms with Crippen LogP contribution in [0.4, 0.5) is 13.2 Å². The molecule has 0 bridgehead atoms. The minimum atomic E-state index is -4.38. The number of hydrogen-bond donors (Lipinski definition) is 1. The van der Waals surface area contributed by atoms with E-state index in [0.717, 1.165) is 0 Å². The summed E-state index contributed by atoms with van der Waals surface area (Å²) in [5, 5.41) is 3.53. The molecule has 0 radical (unpaired) electrons.